The molecule has 0 fully saturated rings. The molecule has 0 amide bonds. The van der Waals surface area contributed by atoms with Crippen molar-refractivity contribution in [3.8, 4) is 0 Å². The summed E-state index contributed by atoms with van der Waals surface area (Å²) in [7, 11) is 0. The Morgan fingerprint density at radius 2 is 1.93 bits per heavy atom. The first-order valence-electron chi connectivity index (χ1n) is 3.74. The predicted octanol–water partition coefficient (Wildman–Crippen LogP) is 2.38. The summed E-state index contributed by atoms with van der Waals surface area (Å²) in [5.41, 5.74) is 5.35. The third-order valence-corrected chi connectivity index (χ3v) is 1.49. The molecule has 1 rings (SSSR count). The minimum atomic E-state index is -4.35. The van der Waals surface area contributed by atoms with E-state index in [2.05, 4.69) is 0 Å². The van der Waals surface area contributed by atoms with Crippen molar-refractivity contribution in [1.29, 1.82) is 0 Å². The van der Waals surface area contributed by atoms with Gasteiger partial charge in [-0.05, 0) is 18.2 Å². The first-order valence-corrected chi connectivity index (χ1v) is 3.74. The van der Waals surface area contributed by atoms with Crippen molar-refractivity contribution in [2.75, 3.05) is 17.6 Å². The third kappa shape index (κ3) is 3.12. The van der Waals surface area contributed by atoms with Gasteiger partial charge in [-0.25, -0.2) is 4.39 Å². The van der Waals surface area contributed by atoms with Gasteiger partial charge in [0.15, 0.2) is 0 Å². The van der Waals surface area contributed by atoms with E-state index in [0.29, 0.717) is 0 Å². The number of nitrogens with two attached hydrogens (primary N) is 1. The van der Waals surface area contributed by atoms with E-state index in [9.17, 15) is 17.6 Å². The fourth-order valence-corrected chi connectivity index (χ4v) is 0.877. The smallest absolute Gasteiger partial charge is 0.397 e. The van der Waals surface area contributed by atoms with Gasteiger partial charge >= 0.3 is 6.18 Å². The van der Waals surface area contributed by atoms with Crippen LogP contribution in [0, 0.1) is 5.82 Å². The topological polar surface area (TPSA) is 38.0 Å². The van der Waals surface area contributed by atoms with Gasteiger partial charge in [0.1, 0.15) is 12.4 Å². The lowest BCUT2D eigenvalue weighted by molar-refractivity contribution is -0.115. The predicted molar refractivity (Wildman–Crippen MR) is 45.4 cm³/mol. The normalized spacial score (nSPS) is 11.4. The number of hydrogen-bond donors (Lipinski definition) is 2. The molecule has 0 heterocycles. The molecule has 1 aromatic rings. The van der Waals surface area contributed by atoms with Crippen molar-refractivity contribution in [1.82, 2.24) is 0 Å². The average molecular weight is 208 g/mol. The van der Waals surface area contributed by atoms with Crippen LogP contribution in [0.15, 0.2) is 18.2 Å². The Morgan fingerprint density at radius 1 is 1.29 bits per heavy atom. The van der Waals surface area contributed by atoms with Crippen molar-refractivity contribution in [2.45, 2.75) is 6.18 Å². The number of nitrogens with one attached hydrogen (secondary N) is 1. The zero-order chi connectivity index (χ0) is 10.8. The average Bonchev–Trinajstić information content (AvgIpc) is 2.05. The molecule has 14 heavy (non-hydrogen) atoms. The molecule has 0 unspecified atom stereocenters. The lowest BCUT2D eigenvalue weighted by Crippen LogP contribution is -2.21. The molecule has 0 spiro atoms. The molecular formula is C8H8F4N2. The highest BCUT2D eigenvalue weighted by Crippen LogP contribution is 2.22. The zero-order valence-corrected chi connectivity index (χ0v) is 7.03. The minimum absolute atomic E-state index is 0.0534. The summed E-state index contributed by atoms with van der Waals surface area (Å²) in [6, 6.07) is 3.20. The van der Waals surface area contributed by atoms with E-state index in [-0.39, 0.29) is 11.4 Å². The number of rotatable bonds is 2. The van der Waals surface area contributed by atoms with E-state index in [1.165, 1.54) is 6.07 Å². The molecule has 78 valence electrons. The molecule has 3 N–H and O–H groups in total. The van der Waals surface area contributed by atoms with E-state index in [0.717, 1.165) is 12.1 Å². The number of nitrogen functional groups attached to an aromatic ring is 1. The van der Waals surface area contributed by atoms with Crippen LogP contribution in [0.4, 0.5) is 28.9 Å². The summed E-state index contributed by atoms with van der Waals surface area (Å²) >= 11 is 0. The standard InChI is InChI=1S/C8H8F4N2/c9-5-1-2-6(13)7(3-5)14-4-8(10,11)12/h1-3,14H,4,13H2. The molecule has 2 nitrogen and oxygen atoms in total. The van der Waals surface area contributed by atoms with Crippen molar-refractivity contribution in [3.05, 3.63) is 24.0 Å². The quantitative estimate of drug-likeness (QED) is 0.578. The molecule has 1 aromatic carbocycles. The molecule has 0 saturated heterocycles. The highest BCUT2D eigenvalue weighted by atomic mass is 19.4. The van der Waals surface area contributed by atoms with E-state index >= 15 is 0 Å². The second-order valence-corrected chi connectivity index (χ2v) is 2.70. The van der Waals surface area contributed by atoms with Gasteiger partial charge in [-0.3, -0.25) is 0 Å². The van der Waals surface area contributed by atoms with Crippen LogP contribution in [0.2, 0.25) is 0 Å². The van der Waals surface area contributed by atoms with Gasteiger partial charge < -0.3 is 11.1 Å². The fraction of sp³-hybridized carbons (Fsp3) is 0.250. The van der Waals surface area contributed by atoms with Crippen LogP contribution in [0.3, 0.4) is 0 Å². The van der Waals surface area contributed by atoms with Gasteiger partial charge in [0, 0.05) is 0 Å². The molecule has 0 radical (unpaired) electrons. The highest BCUT2D eigenvalue weighted by Gasteiger charge is 2.26. The maximum atomic E-state index is 12.6. The van der Waals surface area contributed by atoms with Crippen LogP contribution in [0.5, 0.6) is 0 Å². The van der Waals surface area contributed by atoms with Gasteiger partial charge in [0.2, 0.25) is 0 Å². The van der Waals surface area contributed by atoms with Crippen LogP contribution in [0.25, 0.3) is 0 Å². The monoisotopic (exact) mass is 208 g/mol. The first-order chi connectivity index (χ1) is 6.38. The molecule has 0 atom stereocenters. The molecule has 0 saturated carbocycles. The van der Waals surface area contributed by atoms with Crippen LogP contribution >= 0.6 is 0 Å². The Morgan fingerprint density at radius 3 is 2.50 bits per heavy atom. The van der Waals surface area contributed by atoms with E-state index in [1.54, 1.807) is 0 Å². The maximum absolute atomic E-state index is 12.6. The Bertz CT molecular complexity index is 322. The Hall–Kier alpha value is -1.46. The Balaban J connectivity index is 2.72. The van der Waals surface area contributed by atoms with Crippen molar-refractivity contribution >= 4 is 11.4 Å². The van der Waals surface area contributed by atoms with E-state index < -0.39 is 18.5 Å². The minimum Gasteiger partial charge on any atom is -0.397 e. The number of hydrogen-bond acceptors (Lipinski definition) is 2. The summed E-state index contributed by atoms with van der Waals surface area (Å²) in [5, 5.41) is 2.00. The number of benzene rings is 1. The van der Waals surface area contributed by atoms with Crippen LogP contribution < -0.4 is 11.1 Å². The maximum Gasteiger partial charge on any atom is 0.405 e. The van der Waals surface area contributed by atoms with Crippen molar-refractivity contribution in [2.24, 2.45) is 0 Å². The zero-order valence-electron chi connectivity index (χ0n) is 7.03. The molecule has 0 aromatic heterocycles. The van der Waals surface area contributed by atoms with Crippen LogP contribution in [-0.4, -0.2) is 12.7 Å². The Kier molecular flexibility index (Phi) is 2.83. The number of anilines is 2. The first kappa shape index (κ1) is 10.6. The molecule has 0 aliphatic heterocycles. The molecule has 0 bridgehead atoms. The molecule has 0 aliphatic carbocycles. The summed E-state index contributed by atoms with van der Waals surface area (Å²) in [6.45, 7) is -1.24. The van der Waals surface area contributed by atoms with Gasteiger partial charge in [-0.15, -0.1) is 0 Å². The van der Waals surface area contributed by atoms with Crippen molar-refractivity contribution in [3.63, 3.8) is 0 Å². The van der Waals surface area contributed by atoms with Crippen molar-refractivity contribution < 1.29 is 17.6 Å². The second kappa shape index (κ2) is 3.73. The summed E-state index contributed by atoms with van der Waals surface area (Å²) in [6.07, 6.45) is -4.35. The van der Waals surface area contributed by atoms with Gasteiger partial charge in [-0.2, -0.15) is 13.2 Å². The number of halogens is 4. The van der Waals surface area contributed by atoms with Gasteiger partial charge in [-0.1, -0.05) is 0 Å². The molecular weight excluding hydrogens is 200 g/mol. The third-order valence-electron chi connectivity index (χ3n) is 1.49. The lowest BCUT2D eigenvalue weighted by Gasteiger charge is -2.11. The fourth-order valence-electron chi connectivity index (χ4n) is 0.877. The number of alkyl halides is 3. The summed E-state index contributed by atoms with van der Waals surface area (Å²) < 4.78 is 47.9. The summed E-state index contributed by atoms with van der Waals surface area (Å²) in [5.74, 6) is -0.635. The highest BCUT2D eigenvalue weighted by molar-refractivity contribution is 5.65. The van der Waals surface area contributed by atoms with E-state index in [1.807, 2.05) is 5.32 Å². The molecule has 6 heteroatoms. The van der Waals surface area contributed by atoms with E-state index in [4.69, 9.17) is 5.73 Å². The van der Waals surface area contributed by atoms with Gasteiger partial charge in [0.25, 0.3) is 0 Å². The lowest BCUT2D eigenvalue weighted by atomic mass is 10.2. The Labute approximate surface area is 77.7 Å². The second-order valence-electron chi connectivity index (χ2n) is 2.70. The SMILES string of the molecule is Nc1ccc(F)cc1NCC(F)(F)F. The van der Waals surface area contributed by atoms with Gasteiger partial charge in [0.05, 0.1) is 11.4 Å². The molecule has 0 aliphatic rings. The van der Waals surface area contributed by atoms with Crippen LogP contribution in [-0.2, 0) is 0 Å². The summed E-state index contributed by atoms with van der Waals surface area (Å²) in [4.78, 5) is 0. The van der Waals surface area contributed by atoms with Crippen LogP contribution in [0.1, 0.15) is 0 Å². The largest absolute Gasteiger partial charge is 0.405 e.